The summed E-state index contributed by atoms with van der Waals surface area (Å²) in [5.74, 6) is 1.49. The largest absolute Gasteiger partial charge is 0.497 e. The van der Waals surface area contributed by atoms with Crippen molar-refractivity contribution in [3.05, 3.63) is 29.8 Å². The van der Waals surface area contributed by atoms with Crippen LogP contribution in [0.4, 0.5) is 0 Å². The molecule has 0 aromatic heterocycles. The highest BCUT2D eigenvalue weighted by atomic mass is 32.2. The predicted octanol–water partition coefficient (Wildman–Crippen LogP) is 2.60. The molecule has 1 atom stereocenters. The lowest BCUT2D eigenvalue weighted by molar-refractivity contribution is 0.164. The van der Waals surface area contributed by atoms with Crippen molar-refractivity contribution in [2.45, 2.75) is 50.8 Å². The average Bonchev–Trinajstić information content (AvgIpc) is 2.72. The van der Waals surface area contributed by atoms with E-state index in [1.165, 1.54) is 31.1 Å². The lowest BCUT2D eigenvalue weighted by Gasteiger charge is -2.35. The van der Waals surface area contributed by atoms with Crippen LogP contribution in [0.25, 0.3) is 0 Å². The van der Waals surface area contributed by atoms with Crippen molar-refractivity contribution in [2.75, 3.05) is 46.1 Å². The maximum absolute atomic E-state index is 12.0. The van der Waals surface area contributed by atoms with Gasteiger partial charge in [0.25, 0.3) is 0 Å². The first-order valence-electron chi connectivity index (χ1n) is 10.8. The van der Waals surface area contributed by atoms with E-state index < -0.39 is 14.6 Å². The molecule has 170 valence electrons. The predicted molar refractivity (Wildman–Crippen MR) is 124 cm³/mol. The summed E-state index contributed by atoms with van der Waals surface area (Å²) in [7, 11) is -1.52. The standard InChI is InChI=1S/C22H38N4O3S/c1-6-23-21(25-17-22(2,3)30(5,27)28)24-16-20(26-14-8-7-9-15-26)18-10-12-19(29-4)13-11-18/h10-13,20H,6-9,14-17H2,1-5H3,(H2,23,24,25). The monoisotopic (exact) mass is 438 g/mol. The van der Waals surface area contributed by atoms with Crippen LogP contribution in [0, 0.1) is 0 Å². The van der Waals surface area contributed by atoms with Crippen molar-refractivity contribution in [1.82, 2.24) is 15.5 Å². The third-order valence-electron chi connectivity index (χ3n) is 5.76. The average molecular weight is 439 g/mol. The lowest BCUT2D eigenvalue weighted by Crippen LogP contribution is -2.45. The molecule has 1 aliphatic rings. The van der Waals surface area contributed by atoms with Crippen molar-refractivity contribution in [3.8, 4) is 5.75 Å². The molecular weight excluding hydrogens is 400 g/mol. The fourth-order valence-electron chi connectivity index (χ4n) is 3.44. The molecule has 1 aromatic carbocycles. The summed E-state index contributed by atoms with van der Waals surface area (Å²) in [5.41, 5.74) is 1.23. The zero-order chi connectivity index (χ0) is 22.2. The van der Waals surface area contributed by atoms with Crippen molar-refractivity contribution >= 4 is 15.8 Å². The molecule has 1 saturated heterocycles. The van der Waals surface area contributed by atoms with Gasteiger partial charge in [-0.05, 0) is 64.4 Å². The van der Waals surface area contributed by atoms with Crippen molar-refractivity contribution in [3.63, 3.8) is 0 Å². The second kappa shape index (κ2) is 11.0. The second-order valence-corrected chi connectivity index (χ2v) is 11.1. The molecule has 8 heteroatoms. The molecule has 0 aliphatic carbocycles. The summed E-state index contributed by atoms with van der Waals surface area (Å²) in [6.45, 7) is 9.19. The molecule has 1 heterocycles. The van der Waals surface area contributed by atoms with Gasteiger partial charge in [0.05, 0.1) is 24.4 Å². The molecule has 1 aromatic rings. The van der Waals surface area contributed by atoms with Crippen LogP contribution < -0.4 is 15.4 Å². The van der Waals surface area contributed by atoms with Crippen LogP contribution in [0.2, 0.25) is 0 Å². The number of rotatable bonds is 9. The summed E-state index contributed by atoms with van der Waals surface area (Å²) < 4.78 is 28.4. The number of sulfone groups is 1. The van der Waals surface area contributed by atoms with Crippen LogP contribution in [-0.2, 0) is 9.84 Å². The number of hydrogen-bond acceptors (Lipinski definition) is 5. The number of likely N-dealkylation sites (tertiary alicyclic amines) is 1. The Kier molecular flexibility index (Phi) is 8.97. The van der Waals surface area contributed by atoms with Crippen molar-refractivity contribution < 1.29 is 13.2 Å². The lowest BCUT2D eigenvalue weighted by atomic mass is 10.0. The van der Waals surface area contributed by atoms with E-state index in [4.69, 9.17) is 4.74 Å². The van der Waals surface area contributed by atoms with Crippen LogP contribution >= 0.6 is 0 Å². The van der Waals surface area contributed by atoms with Gasteiger partial charge in [0.15, 0.2) is 15.8 Å². The number of aliphatic imine (C=N–C) groups is 1. The normalized spacial score (nSPS) is 17.4. The first-order valence-corrected chi connectivity index (χ1v) is 12.7. The molecule has 0 bridgehead atoms. The van der Waals surface area contributed by atoms with Crippen LogP contribution in [0.1, 0.15) is 51.6 Å². The minimum absolute atomic E-state index is 0.206. The van der Waals surface area contributed by atoms with E-state index in [0.717, 1.165) is 18.8 Å². The van der Waals surface area contributed by atoms with Gasteiger partial charge in [-0.15, -0.1) is 0 Å². The Morgan fingerprint density at radius 1 is 1.17 bits per heavy atom. The Hall–Kier alpha value is -1.80. The van der Waals surface area contributed by atoms with Crippen LogP contribution in [0.15, 0.2) is 29.3 Å². The molecule has 30 heavy (non-hydrogen) atoms. The summed E-state index contributed by atoms with van der Waals surface area (Å²) in [6.07, 6.45) is 4.97. The minimum Gasteiger partial charge on any atom is -0.497 e. The van der Waals surface area contributed by atoms with Gasteiger partial charge < -0.3 is 15.4 Å². The Balaban J connectivity index is 2.16. The number of guanidine groups is 1. The molecule has 1 aliphatic heterocycles. The molecule has 7 nitrogen and oxygen atoms in total. The highest BCUT2D eigenvalue weighted by Gasteiger charge is 2.30. The van der Waals surface area contributed by atoms with Gasteiger partial charge in [-0.3, -0.25) is 9.89 Å². The van der Waals surface area contributed by atoms with Gasteiger partial charge in [0, 0.05) is 19.3 Å². The van der Waals surface area contributed by atoms with E-state index in [9.17, 15) is 8.42 Å². The van der Waals surface area contributed by atoms with Crippen LogP contribution in [0.3, 0.4) is 0 Å². The Morgan fingerprint density at radius 2 is 1.80 bits per heavy atom. The van der Waals surface area contributed by atoms with Crippen molar-refractivity contribution in [1.29, 1.82) is 0 Å². The fourth-order valence-corrected chi connectivity index (χ4v) is 3.73. The first-order chi connectivity index (χ1) is 14.2. The molecule has 1 fully saturated rings. The molecule has 0 spiro atoms. The highest BCUT2D eigenvalue weighted by Crippen LogP contribution is 2.26. The first kappa shape index (κ1) is 24.5. The molecule has 1 unspecified atom stereocenters. The van der Waals surface area contributed by atoms with E-state index in [-0.39, 0.29) is 12.6 Å². The Labute approximate surface area is 182 Å². The van der Waals surface area contributed by atoms with Gasteiger partial charge in [0.2, 0.25) is 0 Å². The summed E-state index contributed by atoms with van der Waals surface area (Å²) in [5, 5.41) is 6.68. The zero-order valence-electron chi connectivity index (χ0n) is 19.1. The van der Waals surface area contributed by atoms with E-state index >= 15 is 0 Å². The zero-order valence-corrected chi connectivity index (χ0v) is 19.9. The van der Waals surface area contributed by atoms with E-state index in [0.29, 0.717) is 19.0 Å². The molecule has 2 N–H and O–H groups in total. The summed E-state index contributed by atoms with van der Waals surface area (Å²) >= 11 is 0. The SMILES string of the molecule is CCNC(=NCC(C)(C)S(C)(=O)=O)NCC(c1ccc(OC)cc1)N1CCCCC1. The number of hydrogen-bond donors (Lipinski definition) is 2. The summed E-state index contributed by atoms with van der Waals surface area (Å²) in [4.78, 5) is 7.08. The van der Waals surface area contributed by atoms with Gasteiger partial charge in [-0.2, -0.15) is 0 Å². The van der Waals surface area contributed by atoms with Crippen LogP contribution in [-0.4, -0.2) is 70.1 Å². The Morgan fingerprint density at radius 3 is 2.33 bits per heavy atom. The minimum atomic E-state index is -3.19. The molecular formula is C22H38N4O3S. The van der Waals surface area contributed by atoms with Gasteiger partial charge >= 0.3 is 0 Å². The Bertz CT molecular complexity index is 785. The maximum atomic E-state index is 12.0. The van der Waals surface area contributed by atoms with Gasteiger partial charge in [-0.25, -0.2) is 8.42 Å². The van der Waals surface area contributed by atoms with E-state index in [1.807, 2.05) is 19.1 Å². The highest BCUT2D eigenvalue weighted by molar-refractivity contribution is 7.92. The van der Waals surface area contributed by atoms with Crippen molar-refractivity contribution in [2.24, 2.45) is 4.99 Å². The molecule has 0 radical (unpaired) electrons. The second-order valence-electron chi connectivity index (χ2n) is 8.49. The maximum Gasteiger partial charge on any atom is 0.191 e. The number of piperidine rings is 1. The third-order valence-corrected chi connectivity index (χ3v) is 7.90. The third kappa shape index (κ3) is 6.87. The molecule has 0 amide bonds. The van der Waals surface area contributed by atoms with E-state index in [2.05, 4.69) is 32.7 Å². The summed E-state index contributed by atoms with van der Waals surface area (Å²) in [6, 6.07) is 8.45. The van der Waals surface area contributed by atoms with E-state index in [1.54, 1.807) is 21.0 Å². The number of benzene rings is 1. The number of methoxy groups -OCH3 is 1. The smallest absolute Gasteiger partial charge is 0.191 e. The van der Waals surface area contributed by atoms with Gasteiger partial charge in [-0.1, -0.05) is 18.6 Å². The van der Waals surface area contributed by atoms with Gasteiger partial charge in [0.1, 0.15) is 5.75 Å². The van der Waals surface area contributed by atoms with Crippen LogP contribution in [0.5, 0.6) is 5.75 Å². The molecule has 2 rings (SSSR count). The number of ether oxygens (including phenoxy) is 1. The molecule has 0 saturated carbocycles. The topological polar surface area (TPSA) is 83.0 Å². The number of nitrogens with one attached hydrogen (secondary N) is 2. The fraction of sp³-hybridized carbons (Fsp3) is 0.682. The quantitative estimate of drug-likeness (QED) is 0.456. The number of nitrogens with zero attached hydrogens (tertiary/aromatic N) is 2.